The van der Waals surface area contributed by atoms with Crippen LogP contribution in [0.5, 0.6) is 5.75 Å². The van der Waals surface area contributed by atoms with E-state index in [1.807, 2.05) is 0 Å². The van der Waals surface area contributed by atoms with Gasteiger partial charge in [-0.1, -0.05) is 25.5 Å². The van der Waals surface area contributed by atoms with Gasteiger partial charge in [-0.3, -0.25) is 0 Å². The molecule has 0 bridgehead atoms. The highest BCUT2D eigenvalue weighted by atomic mass is 16.5. The van der Waals surface area contributed by atoms with E-state index in [4.69, 9.17) is 4.74 Å². The van der Waals surface area contributed by atoms with Crippen molar-refractivity contribution >= 4 is 0 Å². The van der Waals surface area contributed by atoms with Gasteiger partial charge in [-0.05, 0) is 49.9 Å². The molecule has 1 aromatic rings. The van der Waals surface area contributed by atoms with Gasteiger partial charge in [0.15, 0.2) is 0 Å². The van der Waals surface area contributed by atoms with Gasteiger partial charge >= 0.3 is 0 Å². The highest BCUT2D eigenvalue weighted by Crippen LogP contribution is 2.46. The zero-order chi connectivity index (χ0) is 13.2. The average Bonchev–Trinajstić information content (AvgIpc) is 2.73. The van der Waals surface area contributed by atoms with Crippen LogP contribution in [-0.2, 0) is 5.41 Å². The van der Waals surface area contributed by atoms with Crippen LogP contribution in [0.15, 0.2) is 18.2 Å². The number of aryl methyl sites for hydroxylation is 1. The van der Waals surface area contributed by atoms with Crippen LogP contribution in [0.1, 0.15) is 37.3 Å². The lowest BCUT2D eigenvalue weighted by atomic mass is 9.72. The highest BCUT2D eigenvalue weighted by molar-refractivity contribution is 5.41. The van der Waals surface area contributed by atoms with Crippen molar-refractivity contribution in [1.29, 1.82) is 0 Å². The maximum atomic E-state index is 5.48. The van der Waals surface area contributed by atoms with Crippen LogP contribution in [0.2, 0.25) is 0 Å². The summed E-state index contributed by atoms with van der Waals surface area (Å²) in [4.78, 5) is 0. The number of hydrogen-bond acceptors (Lipinski definition) is 2. The Labute approximate surface area is 111 Å². The Morgan fingerprint density at radius 2 is 2.22 bits per heavy atom. The summed E-state index contributed by atoms with van der Waals surface area (Å²) >= 11 is 0. The lowest BCUT2D eigenvalue weighted by Crippen LogP contribution is -2.39. The molecule has 0 spiro atoms. The van der Waals surface area contributed by atoms with Crippen molar-refractivity contribution in [3.05, 3.63) is 29.3 Å². The van der Waals surface area contributed by atoms with Gasteiger partial charge in [0.1, 0.15) is 5.75 Å². The predicted octanol–water partition coefficient (Wildman–Crippen LogP) is 3.28. The molecule has 1 saturated carbocycles. The minimum absolute atomic E-state index is 0.287. The highest BCUT2D eigenvalue weighted by Gasteiger charge is 2.41. The van der Waals surface area contributed by atoms with Gasteiger partial charge < -0.3 is 10.1 Å². The zero-order valence-corrected chi connectivity index (χ0v) is 12.0. The molecular formula is C16H25NO. The first kappa shape index (κ1) is 13.4. The molecule has 1 N–H and O–H groups in total. The quantitative estimate of drug-likeness (QED) is 0.881. The molecule has 0 aromatic heterocycles. The van der Waals surface area contributed by atoms with Gasteiger partial charge in [-0.2, -0.15) is 0 Å². The predicted molar refractivity (Wildman–Crippen MR) is 76.4 cm³/mol. The number of rotatable bonds is 4. The molecular weight excluding hydrogens is 222 g/mol. The number of ether oxygens (including phenoxy) is 1. The maximum absolute atomic E-state index is 5.48. The van der Waals surface area contributed by atoms with Crippen LogP contribution >= 0.6 is 0 Å². The van der Waals surface area contributed by atoms with Gasteiger partial charge in [0.05, 0.1) is 7.11 Å². The van der Waals surface area contributed by atoms with E-state index in [-0.39, 0.29) is 5.41 Å². The number of benzene rings is 1. The molecule has 1 aromatic carbocycles. The van der Waals surface area contributed by atoms with Gasteiger partial charge in [-0.25, -0.2) is 0 Å². The minimum atomic E-state index is 0.287. The fraction of sp³-hybridized carbons (Fsp3) is 0.625. The fourth-order valence-electron chi connectivity index (χ4n) is 3.49. The summed E-state index contributed by atoms with van der Waals surface area (Å²) in [5.74, 6) is 1.75. The van der Waals surface area contributed by atoms with Crippen molar-refractivity contribution in [1.82, 2.24) is 5.32 Å². The van der Waals surface area contributed by atoms with Gasteiger partial charge in [0.25, 0.3) is 0 Å². The third-order valence-corrected chi connectivity index (χ3v) is 4.68. The largest absolute Gasteiger partial charge is 0.496 e. The van der Waals surface area contributed by atoms with Gasteiger partial charge in [0.2, 0.25) is 0 Å². The molecule has 2 rings (SSSR count). The molecule has 0 saturated heterocycles. The molecule has 1 aliphatic rings. The minimum Gasteiger partial charge on any atom is -0.496 e. The third-order valence-electron chi connectivity index (χ3n) is 4.68. The van der Waals surface area contributed by atoms with Gasteiger partial charge in [0, 0.05) is 12.0 Å². The SMILES string of the molecule is CNCC1(c2ccc(C)c(OC)c2)CCCC1C. The van der Waals surface area contributed by atoms with Crippen molar-refractivity contribution in [3.8, 4) is 5.75 Å². The fourth-order valence-corrected chi connectivity index (χ4v) is 3.49. The van der Waals surface area contributed by atoms with Crippen molar-refractivity contribution in [2.45, 2.75) is 38.5 Å². The topological polar surface area (TPSA) is 21.3 Å². The average molecular weight is 247 g/mol. The summed E-state index contributed by atoms with van der Waals surface area (Å²) in [5.41, 5.74) is 2.94. The summed E-state index contributed by atoms with van der Waals surface area (Å²) in [6, 6.07) is 6.72. The standard InChI is InChI=1S/C16H25NO/c1-12-7-8-14(10-15(12)18-4)16(11-17-3)9-5-6-13(16)2/h7-8,10,13,17H,5-6,9,11H2,1-4H3. The summed E-state index contributed by atoms with van der Waals surface area (Å²) in [6.07, 6.45) is 3.94. The first-order valence-corrected chi connectivity index (χ1v) is 6.94. The lowest BCUT2D eigenvalue weighted by Gasteiger charge is -2.35. The molecule has 1 aliphatic carbocycles. The third kappa shape index (κ3) is 2.14. The van der Waals surface area contributed by atoms with E-state index in [1.165, 1.54) is 30.4 Å². The molecule has 0 radical (unpaired) electrons. The smallest absolute Gasteiger partial charge is 0.122 e. The zero-order valence-electron chi connectivity index (χ0n) is 12.0. The molecule has 18 heavy (non-hydrogen) atoms. The van der Waals surface area contributed by atoms with E-state index < -0.39 is 0 Å². The number of nitrogens with one attached hydrogen (secondary N) is 1. The van der Waals surface area contributed by atoms with Crippen LogP contribution in [0.25, 0.3) is 0 Å². The monoisotopic (exact) mass is 247 g/mol. The van der Waals surface area contributed by atoms with Crippen molar-refractivity contribution in [3.63, 3.8) is 0 Å². The van der Waals surface area contributed by atoms with E-state index >= 15 is 0 Å². The molecule has 2 heteroatoms. The van der Waals surface area contributed by atoms with E-state index in [9.17, 15) is 0 Å². The molecule has 1 fully saturated rings. The Hall–Kier alpha value is -1.02. The van der Waals surface area contributed by atoms with Crippen LogP contribution in [-0.4, -0.2) is 20.7 Å². The number of hydrogen-bond donors (Lipinski definition) is 1. The second-order valence-corrected chi connectivity index (χ2v) is 5.66. The van der Waals surface area contributed by atoms with Crippen LogP contribution in [0.4, 0.5) is 0 Å². The van der Waals surface area contributed by atoms with Crippen LogP contribution < -0.4 is 10.1 Å². The molecule has 0 amide bonds. The summed E-state index contributed by atoms with van der Waals surface area (Å²) in [6.45, 7) is 5.54. The second-order valence-electron chi connectivity index (χ2n) is 5.66. The number of likely N-dealkylation sites (N-methyl/N-ethyl adjacent to an activating group) is 1. The Balaban J connectivity index is 2.43. The lowest BCUT2D eigenvalue weighted by molar-refractivity contribution is 0.323. The normalized spacial score (nSPS) is 27.4. The van der Waals surface area contributed by atoms with E-state index in [1.54, 1.807) is 7.11 Å². The number of methoxy groups -OCH3 is 1. The molecule has 2 nitrogen and oxygen atoms in total. The van der Waals surface area contributed by atoms with Crippen LogP contribution in [0.3, 0.4) is 0 Å². The molecule has 2 atom stereocenters. The molecule has 0 heterocycles. The van der Waals surface area contributed by atoms with Crippen molar-refractivity contribution in [2.24, 2.45) is 5.92 Å². The van der Waals surface area contributed by atoms with E-state index in [0.717, 1.165) is 18.2 Å². The summed E-state index contributed by atoms with van der Waals surface area (Å²) < 4.78 is 5.48. The Morgan fingerprint density at radius 1 is 1.44 bits per heavy atom. The first-order valence-electron chi connectivity index (χ1n) is 6.94. The molecule has 2 unspecified atom stereocenters. The maximum Gasteiger partial charge on any atom is 0.122 e. The molecule has 0 aliphatic heterocycles. The van der Waals surface area contributed by atoms with Crippen LogP contribution in [0, 0.1) is 12.8 Å². The Morgan fingerprint density at radius 3 is 2.78 bits per heavy atom. The summed E-state index contributed by atoms with van der Waals surface area (Å²) in [7, 11) is 3.81. The first-order chi connectivity index (χ1) is 8.64. The van der Waals surface area contributed by atoms with E-state index in [0.29, 0.717) is 0 Å². The Kier molecular flexibility index (Phi) is 3.96. The van der Waals surface area contributed by atoms with E-state index in [2.05, 4.69) is 44.4 Å². The Bertz CT molecular complexity index is 416. The van der Waals surface area contributed by atoms with Crippen molar-refractivity contribution < 1.29 is 4.74 Å². The molecule has 100 valence electrons. The summed E-state index contributed by atoms with van der Waals surface area (Å²) in [5, 5.41) is 3.39. The van der Waals surface area contributed by atoms with Gasteiger partial charge in [-0.15, -0.1) is 0 Å². The van der Waals surface area contributed by atoms with Crippen molar-refractivity contribution in [2.75, 3.05) is 20.7 Å². The second kappa shape index (κ2) is 5.31.